The summed E-state index contributed by atoms with van der Waals surface area (Å²) in [5, 5.41) is 2.59. The van der Waals surface area contributed by atoms with Gasteiger partial charge >= 0.3 is 12.1 Å². The van der Waals surface area contributed by atoms with Gasteiger partial charge in [-0.2, -0.15) is 0 Å². The number of halogens is 1. The fourth-order valence-electron chi connectivity index (χ4n) is 2.73. The lowest BCUT2D eigenvalue weighted by Crippen LogP contribution is -2.33. The first-order valence-electron chi connectivity index (χ1n) is 8.98. The third-order valence-electron chi connectivity index (χ3n) is 3.94. The number of ether oxygens (including phenoxy) is 2. The molecule has 1 aromatic carbocycles. The van der Waals surface area contributed by atoms with E-state index in [9.17, 15) is 18.8 Å². The Morgan fingerprint density at radius 3 is 2.75 bits per heavy atom. The molecule has 154 valence electrons. The van der Waals surface area contributed by atoms with Gasteiger partial charge in [-0.05, 0) is 39.0 Å². The normalized spacial score (nSPS) is 16.7. The molecular weight excluding hydrogens is 387 g/mol. The second-order valence-corrected chi connectivity index (χ2v) is 8.76. The maximum Gasteiger partial charge on any atom is 0.414 e. The Morgan fingerprint density at radius 1 is 1.43 bits per heavy atom. The van der Waals surface area contributed by atoms with Crippen LogP contribution in [0.25, 0.3) is 0 Å². The van der Waals surface area contributed by atoms with Crippen LogP contribution < -0.4 is 10.2 Å². The summed E-state index contributed by atoms with van der Waals surface area (Å²) in [5.74, 6) is -1.04. The minimum atomic E-state index is -0.585. The van der Waals surface area contributed by atoms with Crippen molar-refractivity contribution in [3.63, 3.8) is 0 Å². The van der Waals surface area contributed by atoms with Crippen molar-refractivity contribution in [2.45, 2.75) is 49.9 Å². The Bertz CT molecular complexity index is 756. The number of cyclic esters (lactones) is 1. The van der Waals surface area contributed by atoms with Gasteiger partial charge in [0.15, 0.2) is 0 Å². The summed E-state index contributed by atoms with van der Waals surface area (Å²) < 4.78 is 24.2. The number of anilines is 1. The molecule has 2 rings (SSSR count). The van der Waals surface area contributed by atoms with Gasteiger partial charge in [-0.1, -0.05) is 0 Å². The monoisotopic (exact) mass is 412 g/mol. The number of rotatable bonds is 8. The third-order valence-corrected chi connectivity index (χ3v) is 5.19. The van der Waals surface area contributed by atoms with Crippen LogP contribution in [0.15, 0.2) is 23.1 Å². The molecule has 1 aliphatic heterocycles. The van der Waals surface area contributed by atoms with Crippen molar-refractivity contribution in [1.82, 2.24) is 5.32 Å². The van der Waals surface area contributed by atoms with Crippen molar-refractivity contribution in [2.75, 3.05) is 24.6 Å². The molecule has 1 atom stereocenters. The molecule has 7 nitrogen and oxygen atoms in total. The van der Waals surface area contributed by atoms with Crippen LogP contribution in [0.5, 0.6) is 0 Å². The number of benzene rings is 1. The van der Waals surface area contributed by atoms with E-state index in [-0.39, 0.29) is 31.4 Å². The summed E-state index contributed by atoms with van der Waals surface area (Å²) >= 11 is 1.23. The van der Waals surface area contributed by atoms with E-state index in [1.165, 1.54) is 29.7 Å². The molecule has 1 fully saturated rings. The van der Waals surface area contributed by atoms with E-state index in [1.807, 2.05) is 13.8 Å². The number of nitrogens with one attached hydrogen (secondary N) is 1. The van der Waals surface area contributed by atoms with Crippen LogP contribution in [-0.2, 0) is 19.1 Å². The molecule has 1 saturated heterocycles. The maximum absolute atomic E-state index is 14.6. The molecular formula is C19H25FN2O5S. The molecule has 1 heterocycles. The summed E-state index contributed by atoms with van der Waals surface area (Å²) in [6.07, 6.45) is -0.925. The molecule has 0 spiro atoms. The van der Waals surface area contributed by atoms with Crippen molar-refractivity contribution in [3.8, 4) is 0 Å². The van der Waals surface area contributed by atoms with Gasteiger partial charge in [-0.15, -0.1) is 11.8 Å². The quantitative estimate of drug-likeness (QED) is 0.522. The fourth-order valence-corrected chi connectivity index (χ4v) is 3.81. The van der Waals surface area contributed by atoms with E-state index in [0.717, 1.165) is 0 Å². The van der Waals surface area contributed by atoms with Crippen LogP contribution in [0, 0.1) is 5.82 Å². The van der Waals surface area contributed by atoms with Crippen molar-refractivity contribution in [3.05, 3.63) is 24.0 Å². The van der Waals surface area contributed by atoms with Gasteiger partial charge < -0.3 is 14.8 Å². The first-order valence-corrected chi connectivity index (χ1v) is 9.79. The van der Waals surface area contributed by atoms with Gasteiger partial charge in [-0.3, -0.25) is 14.5 Å². The van der Waals surface area contributed by atoms with Crippen LogP contribution in [-0.4, -0.2) is 48.5 Å². The zero-order valence-corrected chi connectivity index (χ0v) is 17.2. The molecule has 0 bridgehead atoms. The highest BCUT2D eigenvalue weighted by Crippen LogP contribution is 2.38. The summed E-state index contributed by atoms with van der Waals surface area (Å²) in [6.45, 7) is 7.52. The van der Waals surface area contributed by atoms with E-state index >= 15 is 0 Å². The second-order valence-electron chi connectivity index (χ2n) is 7.01. The van der Waals surface area contributed by atoms with E-state index in [0.29, 0.717) is 17.2 Å². The lowest BCUT2D eigenvalue weighted by molar-refractivity contribution is -0.143. The largest absolute Gasteiger partial charge is 0.466 e. The summed E-state index contributed by atoms with van der Waals surface area (Å²) in [6, 6.07) is 4.48. The number of carbonyl (C=O) groups excluding carboxylic acids is 3. The zero-order chi connectivity index (χ0) is 20.9. The van der Waals surface area contributed by atoms with Crippen LogP contribution in [0.1, 0.15) is 34.1 Å². The van der Waals surface area contributed by atoms with Crippen molar-refractivity contribution < 1.29 is 28.2 Å². The molecule has 0 aromatic heterocycles. The highest BCUT2D eigenvalue weighted by molar-refractivity contribution is 8.00. The third kappa shape index (κ3) is 6.12. The van der Waals surface area contributed by atoms with Crippen LogP contribution in [0.3, 0.4) is 0 Å². The molecule has 2 amide bonds. The number of amides is 2. The van der Waals surface area contributed by atoms with Crippen LogP contribution in [0.4, 0.5) is 14.9 Å². The highest BCUT2D eigenvalue weighted by Gasteiger charge is 2.33. The van der Waals surface area contributed by atoms with Crippen LogP contribution in [0.2, 0.25) is 0 Å². The second kappa shape index (κ2) is 9.27. The number of esters is 1. The summed E-state index contributed by atoms with van der Waals surface area (Å²) in [5.41, 5.74) is 0.375. The van der Waals surface area contributed by atoms with Gasteiger partial charge in [0, 0.05) is 16.6 Å². The van der Waals surface area contributed by atoms with Gasteiger partial charge in [-0.25, -0.2) is 9.18 Å². The predicted octanol–water partition coefficient (Wildman–Crippen LogP) is 3.11. The molecule has 1 aliphatic rings. The van der Waals surface area contributed by atoms with E-state index < -0.39 is 22.8 Å². The van der Waals surface area contributed by atoms with Gasteiger partial charge in [0.25, 0.3) is 0 Å². The van der Waals surface area contributed by atoms with E-state index in [4.69, 9.17) is 9.47 Å². The highest BCUT2D eigenvalue weighted by atomic mass is 32.2. The van der Waals surface area contributed by atoms with E-state index in [2.05, 4.69) is 5.32 Å². The lowest BCUT2D eigenvalue weighted by atomic mass is 10.1. The van der Waals surface area contributed by atoms with Crippen LogP contribution >= 0.6 is 11.8 Å². The molecule has 1 N–H and O–H groups in total. The predicted molar refractivity (Wildman–Crippen MR) is 104 cm³/mol. The Kier molecular flexibility index (Phi) is 7.29. The maximum atomic E-state index is 14.6. The average Bonchev–Trinajstić information content (AvgIpc) is 2.95. The molecule has 0 unspecified atom stereocenters. The lowest BCUT2D eigenvalue weighted by Gasteiger charge is -2.23. The standard InChI is InChI=1S/C19H25FN2O5S/c1-5-26-17(24)9-19(3,4)28-16-7-6-13(8-15(16)20)22-11-14(27-18(22)25)10-21-12(2)23/h6-8,14H,5,9-11H2,1-4H3,(H,21,23)/t14-/m1/s1. The number of hydrogen-bond acceptors (Lipinski definition) is 6. The number of hydrogen-bond donors (Lipinski definition) is 1. The molecule has 1 aromatic rings. The molecule has 9 heteroatoms. The topological polar surface area (TPSA) is 84.9 Å². The Balaban J connectivity index is 2.04. The first kappa shape index (κ1) is 22.0. The Labute approximate surface area is 167 Å². The van der Waals surface area contributed by atoms with Crippen molar-refractivity contribution in [2.24, 2.45) is 0 Å². The molecule has 0 saturated carbocycles. The number of nitrogens with zero attached hydrogens (tertiary/aromatic N) is 1. The Morgan fingerprint density at radius 2 is 2.14 bits per heavy atom. The SMILES string of the molecule is CCOC(=O)CC(C)(C)Sc1ccc(N2C[C@@H](CNC(C)=O)OC2=O)cc1F. The van der Waals surface area contributed by atoms with Gasteiger partial charge in [0.1, 0.15) is 11.9 Å². The van der Waals surface area contributed by atoms with E-state index in [1.54, 1.807) is 19.1 Å². The zero-order valence-electron chi connectivity index (χ0n) is 16.4. The molecule has 28 heavy (non-hydrogen) atoms. The minimum absolute atomic E-state index is 0.149. The van der Waals surface area contributed by atoms with Gasteiger partial charge in [0.2, 0.25) is 5.91 Å². The first-order chi connectivity index (χ1) is 13.1. The Hall–Kier alpha value is -2.29. The van der Waals surface area contributed by atoms with Crippen molar-refractivity contribution in [1.29, 1.82) is 0 Å². The summed E-state index contributed by atoms with van der Waals surface area (Å²) in [7, 11) is 0. The average molecular weight is 412 g/mol. The smallest absolute Gasteiger partial charge is 0.414 e. The fraction of sp³-hybridized carbons (Fsp3) is 0.526. The van der Waals surface area contributed by atoms with Crippen molar-refractivity contribution >= 4 is 35.4 Å². The molecule has 0 radical (unpaired) electrons. The molecule has 0 aliphatic carbocycles. The number of carbonyl (C=O) groups is 3. The number of thioether (sulfide) groups is 1. The summed E-state index contributed by atoms with van der Waals surface area (Å²) in [4.78, 5) is 36.4. The van der Waals surface area contributed by atoms with Gasteiger partial charge in [0.05, 0.1) is 31.8 Å². The minimum Gasteiger partial charge on any atom is -0.466 e.